The summed E-state index contributed by atoms with van der Waals surface area (Å²) in [5.41, 5.74) is 8.30. The van der Waals surface area contributed by atoms with E-state index in [0.717, 1.165) is 55.9 Å². The predicted molar refractivity (Wildman–Crippen MR) is 193 cm³/mol. The third-order valence-electron chi connectivity index (χ3n) is 9.21. The van der Waals surface area contributed by atoms with Crippen LogP contribution in [0.15, 0.2) is 158 Å². The second-order valence-electron chi connectivity index (χ2n) is 12.1. The van der Waals surface area contributed by atoms with Crippen molar-refractivity contribution in [2.45, 2.75) is 0 Å². The minimum atomic E-state index is 0.621. The number of nitrogens with zero attached hydrogens (tertiary/aromatic N) is 4. The summed E-state index contributed by atoms with van der Waals surface area (Å²) in [5.74, 6) is 3.64. The van der Waals surface area contributed by atoms with Crippen molar-refractivity contribution in [3.8, 4) is 62.5 Å². The highest BCUT2D eigenvalue weighted by Crippen LogP contribution is 2.49. The lowest BCUT2D eigenvalue weighted by Crippen LogP contribution is -2.01. The average molecular weight is 615 g/mol. The Labute approximate surface area is 276 Å². The van der Waals surface area contributed by atoms with Gasteiger partial charge in [0, 0.05) is 50.2 Å². The van der Waals surface area contributed by atoms with Gasteiger partial charge in [0.2, 0.25) is 0 Å². The molecule has 0 fully saturated rings. The molecule has 0 saturated carbocycles. The SMILES string of the molecule is c1ccc(-c2nc(-c3ccccc3)nc(-c3cccc(-n4c5ccccc5c5cc6c(cc54)Oc4cccc5cccc-6c45)c3)n2)cc1. The molecule has 0 aliphatic carbocycles. The molecule has 0 spiro atoms. The molecule has 48 heavy (non-hydrogen) atoms. The van der Waals surface area contributed by atoms with E-state index in [9.17, 15) is 0 Å². The van der Waals surface area contributed by atoms with Crippen LogP contribution in [-0.4, -0.2) is 19.5 Å². The molecule has 0 saturated heterocycles. The first kappa shape index (κ1) is 26.6. The molecule has 10 rings (SSSR count). The molecule has 2 aromatic heterocycles. The van der Waals surface area contributed by atoms with Gasteiger partial charge in [0.1, 0.15) is 11.5 Å². The van der Waals surface area contributed by atoms with Crippen molar-refractivity contribution in [3.05, 3.63) is 158 Å². The zero-order valence-electron chi connectivity index (χ0n) is 25.7. The molecule has 0 radical (unpaired) electrons. The largest absolute Gasteiger partial charge is 0.456 e. The molecule has 3 heterocycles. The van der Waals surface area contributed by atoms with Gasteiger partial charge in [-0.05, 0) is 41.3 Å². The Bertz CT molecular complexity index is 2630. The number of benzene rings is 7. The zero-order valence-corrected chi connectivity index (χ0v) is 25.7. The van der Waals surface area contributed by atoms with E-state index >= 15 is 0 Å². The quantitative estimate of drug-likeness (QED) is 0.198. The maximum Gasteiger partial charge on any atom is 0.164 e. The second-order valence-corrected chi connectivity index (χ2v) is 12.1. The molecule has 0 N–H and O–H groups in total. The summed E-state index contributed by atoms with van der Waals surface area (Å²) in [6, 6.07) is 54.4. The topological polar surface area (TPSA) is 52.8 Å². The molecule has 7 aromatic carbocycles. The first-order valence-corrected chi connectivity index (χ1v) is 16.0. The van der Waals surface area contributed by atoms with Crippen molar-refractivity contribution in [3.63, 3.8) is 0 Å². The molecule has 9 aromatic rings. The van der Waals surface area contributed by atoms with Crippen LogP contribution in [0.5, 0.6) is 11.5 Å². The summed E-state index contributed by atoms with van der Waals surface area (Å²) >= 11 is 0. The van der Waals surface area contributed by atoms with Gasteiger partial charge in [-0.25, -0.2) is 15.0 Å². The van der Waals surface area contributed by atoms with Crippen molar-refractivity contribution in [1.82, 2.24) is 19.5 Å². The molecule has 0 bridgehead atoms. The van der Waals surface area contributed by atoms with Crippen molar-refractivity contribution in [2.75, 3.05) is 0 Å². The third-order valence-corrected chi connectivity index (χ3v) is 9.21. The van der Waals surface area contributed by atoms with Crippen LogP contribution in [0.2, 0.25) is 0 Å². The van der Waals surface area contributed by atoms with Crippen molar-refractivity contribution < 1.29 is 4.74 Å². The number of hydrogen-bond acceptors (Lipinski definition) is 4. The van der Waals surface area contributed by atoms with Gasteiger partial charge < -0.3 is 9.30 Å². The predicted octanol–water partition coefficient (Wildman–Crippen LogP) is 10.9. The maximum absolute atomic E-state index is 6.61. The fourth-order valence-electron chi connectivity index (χ4n) is 7.03. The number of ether oxygens (including phenoxy) is 1. The van der Waals surface area contributed by atoms with Gasteiger partial charge in [0.25, 0.3) is 0 Å². The van der Waals surface area contributed by atoms with E-state index < -0.39 is 0 Å². The van der Waals surface area contributed by atoms with Crippen LogP contribution in [0.25, 0.3) is 83.6 Å². The Morgan fingerprint density at radius 2 is 1.04 bits per heavy atom. The van der Waals surface area contributed by atoms with Crippen LogP contribution >= 0.6 is 0 Å². The Balaban J connectivity index is 1.18. The fraction of sp³-hybridized carbons (Fsp3) is 0. The van der Waals surface area contributed by atoms with Crippen LogP contribution in [0, 0.1) is 0 Å². The summed E-state index contributed by atoms with van der Waals surface area (Å²) in [6.07, 6.45) is 0. The molecule has 0 amide bonds. The third kappa shape index (κ3) is 4.15. The van der Waals surface area contributed by atoms with Crippen LogP contribution in [0.1, 0.15) is 0 Å². The summed E-state index contributed by atoms with van der Waals surface area (Å²) < 4.78 is 8.92. The van der Waals surface area contributed by atoms with Crippen molar-refractivity contribution >= 4 is 32.6 Å². The highest BCUT2D eigenvalue weighted by molar-refractivity contribution is 6.13. The maximum atomic E-state index is 6.61. The lowest BCUT2D eigenvalue weighted by Gasteiger charge is -2.21. The Morgan fingerprint density at radius 1 is 0.417 bits per heavy atom. The van der Waals surface area contributed by atoms with E-state index in [4.69, 9.17) is 19.7 Å². The Hall–Kier alpha value is -6.59. The molecule has 5 heteroatoms. The summed E-state index contributed by atoms with van der Waals surface area (Å²) in [7, 11) is 0. The molecule has 0 atom stereocenters. The first-order chi connectivity index (χ1) is 23.8. The number of fused-ring (bicyclic) bond motifs is 5. The van der Waals surface area contributed by atoms with Gasteiger partial charge in [-0.3, -0.25) is 0 Å². The normalized spacial score (nSPS) is 11.9. The zero-order chi connectivity index (χ0) is 31.6. The second kappa shape index (κ2) is 10.5. The molecule has 224 valence electrons. The van der Waals surface area contributed by atoms with Crippen LogP contribution < -0.4 is 4.74 Å². The summed E-state index contributed by atoms with van der Waals surface area (Å²) in [5, 5.41) is 4.70. The number of para-hydroxylation sites is 1. The van der Waals surface area contributed by atoms with Gasteiger partial charge in [-0.15, -0.1) is 0 Å². The number of hydrogen-bond donors (Lipinski definition) is 0. The van der Waals surface area contributed by atoms with E-state index in [0.29, 0.717) is 17.5 Å². The monoisotopic (exact) mass is 614 g/mol. The van der Waals surface area contributed by atoms with Gasteiger partial charge in [0.05, 0.1) is 11.0 Å². The Kier molecular flexibility index (Phi) is 5.81. The molecule has 5 nitrogen and oxygen atoms in total. The van der Waals surface area contributed by atoms with E-state index in [1.807, 2.05) is 60.7 Å². The minimum Gasteiger partial charge on any atom is -0.456 e. The van der Waals surface area contributed by atoms with Crippen molar-refractivity contribution in [2.24, 2.45) is 0 Å². The van der Waals surface area contributed by atoms with Gasteiger partial charge in [-0.2, -0.15) is 0 Å². The molecule has 0 unspecified atom stereocenters. The first-order valence-electron chi connectivity index (χ1n) is 16.0. The van der Waals surface area contributed by atoms with Crippen molar-refractivity contribution in [1.29, 1.82) is 0 Å². The number of rotatable bonds is 4. The van der Waals surface area contributed by atoms with Crippen LogP contribution in [0.3, 0.4) is 0 Å². The van der Waals surface area contributed by atoms with E-state index in [-0.39, 0.29) is 0 Å². The molecular weight excluding hydrogens is 589 g/mol. The van der Waals surface area contributed by atoms with Crippen LogP contribution in [0.4, 0.5) is 0 Å². The minimum absolute atomic E-state index is 0.621. The lowest BCUT2D eigenvalue weighted by molar-refractivity contribution is 0.487. The lowest BCUT2D eigenvalue weighted by atomic mass is 9.93. The van der Waals surface area contributed by atoms with E-state index in [1.54, 1.807) is 0 Å². The van der Waals surface area contributed by atoms with Crippen LogP contribution in [-0.2, 0) is 0 Å². The number of aromatic nitrogens is 4. The summed E-state index contributed by atoms with van der Waals surface area (Å²) in [4.78, 5) is 14.9. The molecule has 1 aliphatic rings. The highest BCUT2D eigenvalue weighted by Gasteiger charge is 2.23. The average Bonchev–Trinajstić information content (AvgIpc) is 3.48. The standard InChI is InChI=1S/C43H26N4O/c1-3-12-28(13-4-1)41-44-42(29-14-5-2-6-15-29)46-43(45-41)30-18-9-19-31(24-30)47-36-22-8-7-20-32(36)34-25-35-33-21-10-16-27-17-11-23-38(40(27)33)48-39(35)26-37(34)47/h1-26H. The molecular formula is C43H26N4O. The fourth-order valence-corrected chi connectivity index (χ4v) is 7.03. The highest BCUT2D eigenvalue weighted by atomic mass is 16.5. The smallest absolute Gasteiger partial charge is 0.164 e. The van der Waals surface area contributed by atoms with Gasteiger partial charge in [0.15, 0.2) is 17.5 Å². The van der Waals surface area contributed by atoms with Gasteiger partial charge in [-0.1, -0.05) is 121 Å². The van der Waals surface area contributed by atoms with Gasteiger partial charge >= 0.3 is 0 Å². The summed E-state index contributed by atoms with van der Waals surface area (Å²) in [6.45, 7) is 0. The Morgan fingerprint density at radius 3 is 1.79 bits per heavy atom. The van der Waals surface area contributed by atoms with E-state index in [1.165, 1.54) is 21.7 Å². The van der Waals surface area contributed by atoms with E-state index in [2.05, 4.69) is 102 Å². The molecule has 1 aliphatic heterocycles.